The van der Waals surface area contributed by atoms with E-state index in [1.165, 1.54) is 263 Å². The first kappa shape index (κ1) is 101. The van der Waals surface area contributed by atoms with Crippen molar-refractivity contribution >= 4 is 39.5 Å². The Kier molecular flexibility index (Phi) is 74.1. The average molecular weight is 1510 g/mol. The van der Waals surface area contributed by atoms with Gasteiger partial charge >= 0.3 is 39.5 Å². The smallest absolute Gasteiger partial charge is 0.462 e. The van der Waals surface area contributed by atoms with E-state index in [9.17, 15) is 43.2 Å². The standard InChI is InChI=1S/C84H164O17P2/c1-7-9-11-13-15-17-19-21-23-24-25-26-27-28-29-30-32-38-44-51-57-63-69-84(89)100-79(72-94-81(86)66-60-54-48-42-36-34-33-35-40-46-52-58-64-76(3)4)74-98-102(90,91)96-70-78(85)71-97-103(92,93)99-75-80(73-95-82(87)67-61-55-49-45-39-41-47-53-59-65-77(5)6)101-83(88)68-62-56-50-43-37-31-22-20-18-16-14-12-10-8-2/h76-80,85H,7-75H2,1-6H3,(H,90,91)(H,92,93)/t78-,79-,80-/m1/s1. The second-order valence-corrected chi connectivity index (χ2v) is 34.1. The molecule has 2 unspecified atom stereocenters. The number of hydrogen-bond donors (Lipinski definition) is 3. The van der Waals surface area contributed by atoms with E-state index in [1.807, 2.05) is 0 Å². The first-order chi connectivity index (χ1) is 49.9. The normalized spacial score (nSPS) is 13.9. The number of rotatable bonds is 83. The monoisotopic (exact) mass is 1510 g/mol. The van der Waals surface area contributed by atoms with Gasteiger partial charge in [-0.25, -0.2) is 9.13 Å². The molecule has 3 N–H and O–H groups in total. The van der Waals surface area contributed by atoms with Crippen molar-refractivity contribution in [1.82, 2.24) is 0 Å². The fourth-order valence-corrected chi connectivity index (χ4v) is 14.6. The van der Waals surface area contributed by atoms with Crippen molar-refractivity contribution in [3.8, 4) is 0 Å². The number of ether oxygens (including phenoxy) is 4. The van der Waals surface area contributed by atoms with E-state index < -0.39 is 97.5 Å². The Balaban J connectivity index is 5.23. The minimum Gasteiger partial charge on any atom is -0.462 e. The van der Waals surface area contributed by atoms with Gasteiger partial charge in [-0.05, 0) is 37.5 Å². The van der Waals surface area contributed by atoms with Crippen molar-refractivity contribution < 1.29 is 80.2 Å². The van der Waals surface area contributed by atoms with Gasteiger partial charge in [-0.3, -0.25) is 37.3 Å². The summed E-state index contributed by atoms with van der Waals surface area (Å²) in [7, 11) is -9.92. The van der Waals surface area contributed by atoms with Crippen molar-refractivity contribution in [2.45, 2.75) is 464 Å². The third-order valence-electron chi connectivity index (χ3n) is 19.7. The molecule has 0 aliphatic heterocycles. The third kappa shape index (κ3) is 78.0. The van der Waals surface area contributed by atoms with Gasteiger partial charge in [0, 0.05) is 25.7 Å². The lowest BCUT2D eigenvalue weighted by molar-refractivity contribution is -0.161. The van der Waals surface area contributed by atoms with Crippen LogP contribution >= 0.6 is 15.6 Å². The Hall–Kier alpha value is -1.94. The molecule has 0 rings (SSSR count). The maximum Gasteiger partial charge on any atom is 0.472 e. The molecule has 19 heteroatoms. The van der Waals surface area contributed by atoms with Crippen LogP contribution in [0.4, 0.5) is 0 Å². The van der Waals surface area contributed by atoms with Crippen LogP contribution in [-0.4, -0.2) is 96.7 Å². The van der Waals surface area contributed by atoms with Crippen LogP contribution in [0, 0.1) is 11.8 Å². The highest BCUT2D eigenvalue weighted by molar-refractivity contribution is 7.47. The minimum absolute atomic E-state index is 0.108. The van der Waals surface area contributed by atoms with Gasteiger partial charge in [0.05, 0.1) is 26.4 Å². The molecule has 0 aliphatic rings. The van der Waals surface area contributed by atoms with Crippen LogP contribution in [0.25, 0.3) is 0 Å². The predicted molar refractivity (Wildman–Crippen MR) is 423 cm³/mol. The zero-order chi connectivity index (χ0) is 75.6. The van der Waals surface area contributed by atoms with Gasteiger partial charge in [-0.1, -0.05) is 395 Å². The molecular weight excluding hydrogens is 1340 g/mol. The highest BCUT2D eigenvalue weighted by atomic mass is 31.2. The lowest BCUT2D eigenvalue weighted by atomic mass is 10.0. The molecule has 0 aromatic heterocycles. The van der Waals surface area contributed by atoms with Gasteiger partial charge in [0.25, 0.3) is 0 Å². The van der Waals surface area contributed by atoms with Gasteiger partial charge in [-0.2, -0.15) is 0 Å². The summed E-state index contributed by atoms with van der Waals surface area (Å²) in [6, 6.07) is 0. The van der Waals surface area contributed by atoms with E-state index >= 15 is 0 Å². The molecule has 0 aromatic rings. The predicted octanol–water partition coefficient (Wildman–Crippen LogP) is 25.5. The largest absolute Gasteiger partial charge is 0.472 e. The third-order valence-corrected chi connectivity index (χ3v) is 21.6. The Morgan fingerprint density at radius 3 is 0.660 bits per heavy atom. The van der Waals surface area contributed by atoms with Crippen molar-refractivity contribution in [2.75, 3.05) is 39.6 Å². The molecule has 0 bridgehead atoms. The Morgan fingerprint density at radius 1 is 0.262 bits per heavy atom. The van der Waals surface area contributed by atoms with Crippen LogP contribution in [0.1, 0.15) is 446 Å². The topological polar surface area (TPSA) is 237 Å². The second-order valence-electron chi connectivity index (χ2n) is 31.2. The molecule has 5 atom stereocenters. The zero-order valence-corrected chi connectivity index (χ0v) is 69.4. The number of carbonyl (C=O) groups excluding carboxylic acids is 4. The summed E-state index contributed by atoms with van der Waals surface area (Å²) in [5, 5.41) is 10.7. The van der Waals surface area contributed by atoms with Crippen LogP contribution in [0.5, 0.6) is 0 Å². The highest BCUT2D eigenvalue weighted by Gasteiger charge is 2.30. The fraction of sp³-hybridized carbons (Fsp3) is 0.952. The van der Waals surface area contributed by atoms with E-state index in [0.717, 1.165) is 102 Å². The Morgan fingerprint density at radius 2 is 0.447 bits per heavy atom. The summed E-state index contributed by atoms with van der Waals surface area (Å²) in [5.41, 5.74) is 0. The number of hydrogen-bond acceptors (Lipinski definition) is 15. The maximum absolute atomic E-state index is 13.1. The first-order valence-electron chi connectivity index (χ1n) is 43.5. The number of aliphatic hydroxyl groups is 1. The fourth-order valence-electron chi connectivity index (χ4n) is 13.1. The van der Waals surface area contributed by atoms with Crippen molar-refractivity contribution in [2.24, 2.45) is 11.8 Å². The van der Waals surface area contributed by atoms with Crippen LogP contribution in [0.15, 0.2) is 0 Å². The summed E-state index contributed by atoms with van der Waals surface area (Å²) in [6.07, 6.45) is 66.7. The highest BCUT2D eigenvalue weighted by Crippen LogP contribution is 2.45. The van der Waals surface area contributed by atoms with E-state index in [-0.39, 0.29) is 25.7 Å². The van der Waals surface area contributed by atoms with Crippen LogP contribution in [-0.2, 0) is 65.4 Å². The van der Waals surface area contributed by atoms with Gasteiger partial charge in [-0.15, -0.1) is 0 Å². The summed E-state index contributed by atoms with van der Waals surface area (Å²) >= 11 is 0. The van der Waals surface area contributed by atoms with Crippen LogP contribution in [0.3, 0.4) is 0 Å². The van der Waals surface area contributed by atoms with Crippen LogP contribution in [0.2, 0.25) is 0 Å². The van der Waals surface area contributed by atoms with E-state index in [4.69, 9.17) is 37.0 Å². The number of carbonyl (C=O) groups is 4. The molecule has 0 saturated heterocycles. The molecule has 0 amide bonds. The maximum atomic E-state index is 13.1. The molecule has 0 aromatic carbocycles. The molecule has 0 spiro atoms. The second kappa shape index (κ2) is 75.5. The number of unbranched alkanes of at least 4 members (excludes halogenated alkanes) is 53. The SMILES string of the molecule is CCCCCCCCCCCCCCCCCCCCCCCCC(=O)O[C@H](COC(=O)CCCCCCCCCCCCCCC(C)C)COP(=O)(O)OC[C@@H](O)COP(=O)(O)OC[C@@H](COC(=O)CCCCCCCCCCCC(C)C)OC(=O)CCCCCCCCCCCCCCCC. The zero-order valence-electron chi connectivity index (χ0n) is 67.6. The number of phosphoric acid groups is 2. The molecule has 612 valence electrons. The summed E-state index contributed by atoms with van der Waals surface area (Å²) in [6.45, 7) is 9.65. The van der Waals surface area contributed by atoms with E-state index in [1.54, 1.807) is 0 Å². The molecule has 0 radical (unpaired) electrons. The van der Waals surface area contributed by atoms with Gasteiger partial charge < -0.3 is 33.8 Å². The quantitative estimate of drug-likeness (QED) is 0.0222. The van der Waals surface area contributed by atoms with Crippen LogP contribution < -0.4 is 0 Å². The van der Waals surface area contributed by atoms with Gasteiger partial charge in [0.1, 0.15) is 19.3 Å². The summed E-state index contributed by atoms with van der Waals surface area (Å²) in [4.78, 5) is 73.1. The van der Waals surface area contributed by atoms with Crippen molar-refractivity contribution in [3.63, 3.8) is 0 Å². The first-order valence-corrected chi connectivity index (χ1v) is 46.5. The molecular formula is C84H164O17P2. The Bertz CT molecular complexity index is 1980. The lowest BCUT2D eigenvalue weighted by Gasteiger charge is -2.21. The number of aliphatic hydroxyl groups excluding tert-OH is 1. The van der Waals surface area contributed by atoms with E-state index in [0.29, 0.717) is 25.7 Å². The Labute approximate surface area is 632 Å². The lowest BCUT2D eigenvalue weighted by Crippen LogP contribution is -2.30. The minimum atomic E-state index is -4.96. The number of phosphoric ester groups is 2. The average Bonchev–Trinajstić information content (AvgIpc) is 1.07. The summed E-state index contributed by atoms with van der Waals surface area (Å²) in [5.74, 6) is -0.579. The van der Waals surface area contributed by atoms with Gasteiger partial charge in [0.15, 0.2) is 12.2 Å². The molecule has 0 heterocycles. The van der Waals surface area contributed by atoms with E-state index in [2.05, 4.69) is 41.5 Å². The van der Waals surface area contributed by atoms with Crippen molar-refractivity contribution in [1.29, 1.82) is 0 Å². The molecule has 103 heavy (non-hydrogen) atoms. The summed E-state index contributed by atoms with van der Waals surface area (Å²) < 4.78 is 68.8. The number of esters is 4. The molecule has 0 fully saturated rings. The van der Waals surface area contributed by atoms with Crippen molar-refractivity contribution in [3.05, 3.63) is 0 Å². The molecule has 17 nitrogen and oxygen atoms in total. The molecule has 0 saturated carbocycles. The molecule has 0 aliphatic carbocycles. The van der Waals surface area contributed by atoms with Gasteiger partial charge in [0.2, 0.25) is 0 Å².